The average Bonchev–Trinajstić information content (AvgIpc) is 3.10. The number of hydrogen-bond acceptors (Lipinski definition) is 3. The van der Waals surface area contributed by atoms with Gasteiger partial charge in [-0.3, -0.25) is 4.79 Å². The second kappa shape index (κ2) is 7.15. The molecule has 0 N–H and O–H groups in total. The normalized spacial score (nSPS) is 10.9. The summed E-state index contributed by atoms with van der Waals surface area (Å²) in [6.07, 6.45) is 0. The maximum Gasteiger partial charge on any atom is 0.258 e. The lowest BCUT2D eigenvalue weighted by molar-refractivity contribution is 0.0786. The number of amides is 1. The molecular weight excluding hydrogens is 384 g/mol. The standard InChI is InChI=1S/C17H14Cl2FN3OS/c1-10-15(17(24)22(2)9-13-7-8-14(18)25-13)16(19)23(21-10)12-5-3-11(20)4-6-12/h3-8H,9H2,1-2H3. The minimum absolute atomic E-state index is 0.199. The van der Waals surface area contributed by atoms with Crippen LogP contribution in [0.1, 0.15) is 20.9 Å². The summed E-state index contributed by atoms with van der Waals surface area (Å²) in [5.74, 6) is -0.588. The number of rotatable bonds is 4. The summed E-state index contributed by atoms with van der Waals surface area (Å²) in [7, 11) is 1.70. The van der Waals surface area contributed by atoms with Gasteiger partial charge >= 0.3 is 0 Å². The number of carbonyl (C=O) groups is 1. The van der Waals surface area contributed by atoms with Gasteiger partial charge in [0.1, 0.15) is 11.0 Å². The van der Waals surface area contributed by atoms with Crippen LogP contribution in [0.4, 0.5) is 4.39 Å². The van der Waals surface area contributed by atoms with E-state index in [1.807, 2.05) is 6.07 Å². The summed E-state index contributed by atoms with van der Waals surface area (Å²) < 4.78 is 15.2. The van der Waals surface area contributed by atoms with Crippen LogP contribution in [-0.2, 0) is 6.54 Å². The molecule has 0 aliphatic rings. The maximum absolute atomic E-state index is 13.1. The highest BCUT2D eigenvalue weighted by molar-refractivity contribution is 7.16. The molecule has 4 nitrogen and oxygen atoms in total. The highest BCUT2D eigenvalue weighted by Gasteiger charge is 2.24. The highest BCUT2D eigenvalue weighted by Crippen LogP contribution is 2.27. The first-order valence-electron chi connectivity index (χ1n) is 7.37. The van der Waals surface area contributed by atoms with E-state index in [0.717, 1.165) is 4.88 Å². The van der Waals surface area contributed by atoms with E-state index in [0.29, 0.717) is 27.8 Å². The summed E-state index contributed by atoms with van der Waals surface area (Å²) >= 11 is 13.7. The molecule has 0 unspecified atom stereocenters. The number of nitrogens with zero attached hydrogens (tertiary/aromatic N) is 3. The zero-order valence-electron chi connectivity index (χ0n) is 13.5. The number of aromatic nitrogens is 2. The summed E-state index contributed by atoms with van der Waals surface area (Å²) in [4.78, 5) is 15.3. The molecule has 0 aliphatic carbocycles. The van der Waals surface area contributed by atoms with Gasteiger partial charge in [-0.15, -0.1) is 11.3 Å². The predicted octanol–water partition coefficient (Wildman–Crippen LogP) is 4.96. The Bertz CT molecular complexity index is 921. The van der Waals surface area contributed by atoms with E-state index in [-0.39, 0.29) is 16.9 Å². The molecule has 0 bridgehead atoms. The van der Waals surface area contributed by atoms with Crippen molar-refractivity contribution in [3.05, 3.63) is 67.8 Å². The smallest absolute Gasteiger partial charge is 0.258 e. The number of carbonyl (C=O) groups excluding carboxylic acids is 1. The summed E-state index contributed by atoms with van der Waals surface area (Å²) in [6, 6.07) is 9.42. The van der Waals surface area contributed by atoms with Gasteiger partial charge in [-0.25, -0.2) is 9.07 Å². The van der Waals surface area contributed by atoms with Crippen molar-refractivity contribution in [2.75, 3.05) is 7.05 Å². The van der Waals surface area contributed by atoms with Gasteiger partial charge < -0.3 is 4.90 Å². The molecule has 0 fully saturated rings. The number of aryl methyl sites for hydroxylation is 1. The molecule has 3 aromatic rings. The van der Waals surface area contributed by atoms with E-state index in [4.69, 9.17) is 23.2 Å². The molecule has 0 spiro atoms. The molecule has 0 radical (unpaired) electrons. The number of hydrogen-bond donors (Lipinski definition) is 0. The molecule has 1 amide bonds. The van der Waals surface area contributed by atoms with E-state index in [2.05, 4.69) is 5.10 Å². The number of halogens is 3. The van der Waals surface area contributed by atoms with Crippen LogP contribution in [0, 0.1) is 12.7 Å². The van der Waals surface area contributed by atoms with Gasteiger partial charge in [-0.2, -0.15) is 5.10 Å². The lowest BCUT2D eigenvalue weighted by Crippen LogP contribution is -2.26. The second-order valence-corrected chi connectivity index (χ2v) is 7.66. The number of thiophene rings is 1. The van der Waals surface area contributed by atoms with E-state index < -0.39 is 0 Å². The van der Waals surface area contributed by atoms with E-state index in [1.165, 1.54) is 28.2 Å². The minimum Gasteiger partial charge on any atom is -0.336 e. The third-order valence-corrected chi connectivity index (χ3v) is 5.22. The van der Waals surface area contributed by atoms with Crippen molar-refractivity contribution in [1.29, 1.82) is 0 Å². The molecule has 8 heteroatoms. The summed E-state index contributed by atoms with van der Waals surface area (Å²) in [5, 5.41) is 4.52. The zero-order chi connectivity index (χ0) is 18.1. The fraction of sp³-hybridized carbons (Fsp3) is 0.176. The molecule has 130 valence electrons. The van der Waals surface area contributed by atoms with Crippen LogP contribution in [0.5, 0.6) is 0 Å². The first kappa shape index (κ1) is 17.9. The van der Waals surface area contributed by atoms with Crippen LogP contribution in [0.25, 0.3) is 5.69 Å². The van der Waals surface area contributed by atoms with Crippen molar-refractivity contribution in [2.24, 2.45) is 0 Å². The molecular formula is C17H14Cl2FN3OS. The van der Waals surface area contributed by atoms with Gasteiger partial charge in [0.25, 0.3) is 5.91 Å². The average molecular weight is 398 g/mol. The first-order valence-corrected chi connectivity index (χ1v) is 8.95. The Morgan fingerprint density at radius 3 is 2.52 bits per heavy atom. The van der Waals surface area contributed by atoms with Crippen LogP contribution in [0.15, 0.2) is 36.4 Å². The molecule has 1 aromatic carbocycles. The van der Waals surface area contributed by atoms with Crippen LogP contribution < -0.4 is 0 Å². The Kier molecular flexibility index (Phi) is 5.13. The van der Waals surface area contributed by atoms with Crippen molar-refractivity contribution in [1.82, 2.24) is 14.7 Å². The Morgan fingerprint density at radius 1 is 1.24 bits per heavy atom. The Hall–Kier alpha value is -1.89. The largest absolute Gasteiger partial charge is 0.336 e. The molecule has 25 heavy (non-hydrogen) atoms. The van der Waals surface area contributed by atoms with Crippen LogP contribution in [0.2, 0.25) is 9.49 Å². The molecule has 0 aliphatic heterocycles. The third-order valence-electron chi connectivity index (χ3n) is 3.66. The fourth-order valence-corrected chi connectivity index (χ4v) is 3.92. The van der Waals surface area contributed by atoms with Crippen molar-refractivity contribution in [3.8, 4) is 5.69 Å². The lowest BCUT2D eigenvalue weighted by atomic mass is 10.2. The number of benzene rings is 1. The highest BCUT2D eigenvalue weighted by atomic mass is 35.5. The molecule has 3 rings (SSSR count). The van der Waals surface area contributed by atoms with Gasteiger partial charge in [-0.05, 0) is 43.3 Å². The van der Waals surface area contributed by atoms with Gasteiger partial charge in [0.05, 0.1) is 27.8 Å². The van der Waals surface area contributed by atoms with Gasteiger partial charge in [0, 0.05) is 11.9 Å². The Labute approximate surface area is 158 Å². The maximum atomic E-state index is 13.1. The summed E-state index contributed by atoms with van der Waals surface area (Å²) in [6.45, 7) is 2.14. The topological polar surface area (TPSA) is 38.1 Å². The Balaban J connectivity index is 1.89. The van der Waals surface area contributed by atoms with Crippen molar-refractivity contribution in [2.45, 2.75) is 13.5 Å². The van der Waals surface area contributed by atoms with Crippen LogP contribution in [0.3, 0.4) is 0 Å². The van der Waals surface area contributed by atoms with E-state index in [1.54, 1.807) is 37.1 Å². The molecule has 0 atom stereocenters. The minimum atomic E-state index is -0.352. The molecule has 2 aromatic heterocycles. The van der Waals surface area contributed by atoms with Crippen molar-refractivity contribution in [3.63, 3.8) is 0 Å². The second-order valence-electron chi connectivity index (χ2n) is 5.51. The third kappa shape index (κ3) is 3.71. The van der Waals surface area contributed by atoms with E-state index >= 15 is 0 Å². The molecule has 0 saturated carbocycles. The predicted molar refractivity (Wildman–Crippen MR) is 98.4 cm³/mol. The van der Waals surface area contributed by atoms with Crippen molar-refractivity contribution < 1.29 is 9.18 Å². The van der Waals surface area contributed by atoms with Crippen LogP contribution >= 0.6 is 34.5 Å². The monoisotopic (exact) mass is 397 g/mol. The fourth-order valence-electron chi connectivity index (χ4n) is 2.43. The quantitative estimate of drug-likeness (QED) is 0.623. The first-order chi connectivity index (χ1) is 11.9. The molecule has 2 heterocycles. The van der Waals surface area contributed by atoms with Gasteiger partial charge in [0.2, 0.25) is 0 Å². The zero-order valence-corrected chi connectivity index (χ0v) is 15.8. The van der Waals surface area contributed by atoms with E-state index in [9.17, 15) is 9.18 Å². The SMILES string of the molecule is Cc1nn(-c2ccc(F)cc2)c(Cl)c1C(=O)N(C)Cc1ccc(Cl)s1. The van der Waals surface area contributed by atoms with Gasteiger partial charge in [-0.1, -0.05) is 23.2 Å². The van der Waals surface area contributed by atoms with Crippen molar-refractivity contribution >= 4 is 40.4 Å². The summed E-state index contributed by atoms with van der Waals surface area (Å²) in [5.41, 5.74) is 1.42. The van der Waals surface area contributed by atoms with Gasteiger partial charge in [0.15, 0.2) is 0 Å². The Morgan fingerprint density at radius 2 is 1.92 bits per heavy atom. The van der Waals surface area contributed by atoms with Crippen LogP contribution in [-0.4, -0.2) is 27.6 Å². The molecule has 0 saturated heterocycles. The lowest BCUT2D eigenvalue weighted by Gasteiger charge is -2.16.